The molecule has 0 saturated carbocycles. The van der Waals surface area contributed by atoms with Gasteiger partial charge in [0.05, 0.1) is 11.9 Å². The van der Waals surface area contributed by atoms with Gasteiger partial charge in [-0.3, -0.25) is 14.2 Å². The van der Waals surface area contributed by atoms with E-state index in [1.165, 1.54) is 10.6 Å². The van der Waals surface area contributed by atoms with Crippen molar-refractivity contribution in [3.05, 3.63) is 70.5 Å². The molecule has 0 fully saturated rings. The number of para-hydroxylation sites is 2. The first-order valence-electron chi connectivity index (χ1n) is 8.78. The maximum Gasteiger partial charge on any atom is 0.419 e. The van der Waals surface area contributed by atoms with E-state index in [9.17, 15) is 18.8 Å². The number of aromatic nitrogens is 1. The first-order valence-corrected chi connectivity index (χ1v) is 8.78. The summed E-state index contributed by atoms with van der Waals surface area (Å²) in [6.07, 6.45) is 0.259. The lowest BCUT2D eigenvalue weighted by Gasteiger charge is -2.07. The van der Waals surface area contributed by atoms with Crippen molar-refractivity contribution in [2.45, 2.75) is 19.4 Å². The first kappa shape index (κ1) is 19.3. The van der Waals surface area contributed by atoms with Crippen LogP contribution in [-0.4, -0.2) is 29.6 Å². The number of hydrogen-bond donors (Lipinski definition) is 1. The number of carbonyl (C=O) groups is 2. The molecule has 1 N–H and O–H groups in total. The molecule has 3 aromatic rings. The second-order valence-electron chi connectivity index (χ2n) is 6.09. The summed E-state index contributed by atoms with van der Waals surface area (Å²) in [7, 11) is 0. The summed E-state index contributed by atoms with van der Waals surface area (Å²) < 4.78 is 24.8. The quantitative estimate of drug-likeness (QED) is 0.598. The molecule has 8 heteroatoms. The Bertz CT molecular complexity index is 1040. The van der Waals surface area contributed by atoms with Crippen LogP contribution in [0.2, 0.25) is 0 Å². The predicted octanol–water partition coefficient (Wildman–Crippen LogP) is 2.03. The SMILES string of the molecule is O=C(COC(=O)CCn1c(=O)oc2ccccc21)NCCc1ccccc1F. The Morgan fingerprint density at radius 2 is 1.86 bits per heavy atom. The van der Waals surface area contributed by atoms with Crippen LogP contribution in [0.5, 0.6) is 0 Å². The van der Waals surface area contributed by atoms with Crippen molar-refractivity contribution >= 4 is 23.0 Å². The molecule has 0 saturated heterocycles. The van der Waals surface area contributed by atoms with E-state index in [1.807, 2.05) is 0 Å². The number of oxazole rings is 1. The Balaban J connectivity index is 1.40. The number of aryl methyl sites for hydroxylation is 1. The van der Waals surface area contributed by atoms with Gasteiger partial charge in [0, 0.05) is 13.1 Å². The van der Waals surface area contributed by atoms with Gasteiger partial charge in [-0.15, -0.1) is 0 Å². The predicted molar refractivity (Wildman–Crippen MR) is 99.2 cm³/mol. The van der Waals surface area contributed by atoms with Crippen molar-refractivity contribution in [2.75, 3.05) is 13.2 Å². The highest BCUT2D eigenvalue weighted by Crippen LogP contribution is 2.12. The van der Waals surface area contributed by atoms with Gasteiger partial charge in [-0.05, 0) is 30.2 Å². The molecule has 1 aromatic heterocycles. The highest BCUT2D eigenvalue weighted by Gasteiger charge is 2.12. The number of esters is 1. The van der Waals surface area contributed by atoms with Gasteiger partial charge in [-0.2, -0.15) is 0 Å². The topological polar surface area (TPSA) is 90.5 Å². The van der Waals surface area contributed by atoms with Gasteiger partial charge in [-0.25, -0.2) is 9.18 Å². The van der Waals surface area contributed by atoms with E-state index in [-0.39, 0.29) is 25.3 Å². The molecule has 1 amide bonds. The van der Waals surface area contributed by atoms with Crippen LogP contribution >= 0.6 is 0 Å². The Hall–Kier alpha value is -3.42. The molecule has 0 atom stereocenters. The number of nitrogens with zero attached hydrogens (tertiary/aromatic N) is 1. The number of halogens is 1. The third-order valence-corrected chi connectivity index (χ3v) is 4.15. The van der Waals surface area contributed by atoms with E-state index in [2.05, 4.69) is 5.32 Å². The molecule has 0 unspecified atom stereocenters. The van der Waals surface area contributed by atoms with Crippen LogP contribution in [0.15, 0.2) is 57.7 Å². The average molecular weight is 386 g/mol. The third-order valence-electron chi connectivity index (χ3n) is 4.15. The summed E-state index contributed by atoms with van der Waals surface area (Å²) in [6, 6.07) is 13.2. The Kier molecular flexibility index (Phi) is 6.21. The van der Waals surface area contributed by atoms with Crippen LogP contribution in [0.4, 0.5) is 4.39 Å². The number of carbonyl (C=O) groups excluding carboxylic acids is 2. The summed E-state index contributed by atoms with van der Waals surface area (Å²) in [5.74, 6) is -1.97. The number of ether oxygens (including phenoxy) is 1. The molecule has 2 aromatic carbocycles. The summed E-state index contributed by atoms with van der Waals surface area (Å²) >= 11 is 0. The standard InChI is InChI=1S/C20H19FN2O5/c21-15-6-2-1-5-14(15)9-11-22-18(24)13-27-19(25)10-12-23-16-7-3-4-8-17(16)28-20(23)26/h1-8H,9-13H2,(H,22,24). The van der Waals surface area contributed by atoms with Gasteiger partial charge in [0.1, 0.15) is 5.82 Å². The van der Waals surface area contributed by atoms with Crippen molar-refractivity contribution in [1.82, 2.24) is 9.88 Å². The van der Waals surface area contributed by atoms with Gasteiger partial charge in [0.15, 0.2) is 12.2 Å². The van der Waals surface area contributed by atoms with Crippen molar-refractivity contribution in [3.63, 3.8) is 0 Å². The third kappa shape index (κ3) is 4.85. The van der Waals surface area contributed by atoms with E-state index >= 15 is 0 Å². The normalized spacial score (nSPS) is 10.8. The summed E-state index contributed by atoms with van der Waals surface area (Å²) in [4.78, 5) is 35.4. The van der Waals surface area contributed by atoms with Gasteiger partial charge >= 0.3 is 11.7 Å². The number of hydrogen-bond acceptors (Lipinski definition) is 5. The average Bonchev–Trinajstić information content (AvgIpc) is 3.01. The molecule has 0 aliphatic carbocycles. The Labute approximate surface area is 159 Å². The molecule has 0 bridgehead atoms. The van der Waals surface area contributed by atoms with Crippen LogP contribution in [0.1, 0.15) is 12.0 Å². The molecule has 7 nitrogen and oxygen atoms in total. The largest absolute Gasteiger partial charge is 0.456 e. The summed E-state index contributed by atoms with van der Waals surface area (Å²) in [5, 5.41) is 2.56. The number of fused-ring (bicyclic) bond motifs is 1. The fourth-order valence-corrected chi connectivity index (χ4v) is 2.74. The lowest BCUT2D eigenvalue weighted by molar-refractivity contribution is -0.148. The minimum Gasteiger partial charge on any atom is -0.456 e. The second-order valence-corrected chi connectivity index (χ2v) is 6.09. The zero-order valence-electron chi connectivity index (χ0n) is 15.0. The highest BCUT2D eigenvalue weighted by molar-refractivity contribution is 5.80. The molecule has 3 rings (SSSR count). The first-order chi connectivity index (χ1) is 13.5. The van der Waals surface area contributed by atoms with E-state index in [0.717, 1.165) is 0 Å². The molecule has 146 valence electrons. The smallest absolute Gasteiger partial charge is 0.419 e. The number of nitrogens with one attached hydrogen (secondary N) is 1. The van der Waals surface area contributed by atoms with Gasteiger partial charge in [0.2, 0.25) is 0 Å². The van der Waals surface area contributed by atoms with Crippen LogP contribution in [0, 0.1) is 5.82 Å². The van der Waals surface area contributed by atoms with E-state index in [0.29, 0.717) is 23.1 Å². The zero-order chi connectivity index (χ0) is 19.9. The number of rotatable bonds is 8. The minimum atomic E-state index is -0.610. The second kappa shape index (κ2) is 8.98. The molecule has 0 aliphatic heterocycles. The van der Waals surface area contributed by atoms with E-state index < -0.39 is 24.2 Å². The van der Waals surface area contributed by atoms with Crippen LogP contribution < -0.4 is 11.1 Å². The van der Waals surface area contributed by atoms with Crippen molar-refractivity contribution in [3.8, 4) is 0 Å². The van der Waals surface area contributed by atoms with Crippen molar-refractivity contribution in [2.24, 2.45) is 0 Å². The highest BCUT2D eigenvalue weighted by atomic mass is 19.1. The lowest BCUT2D eigenvalue weighted by atomic mass is 10.1. The molecular formula is C20H19FN2O5. The fraction of sp³-hybridized carbons (Fsp3) is 0.250. The fourth-order valence-electron chi connectivity index (χ4n) is 2.74. The number of amides is 1. The van der Waals surface area contributed by atoms with Crippen LogP contribution in [0.3, 0.4) is 0 Å². The van der Waals surface area contributed by atoms with Gasteiger partial charge in [0.25, 0.3) is 5.91 Å². The molecule has 0 aliphatic rings. The minimum absolute atomic E-state index is 0.0774. The Morgan fingerprint density at radius 1 is 1.11 bits per heavy atom. The maximum atomic E-state index is 13.5. The molecule has 0 radical (unpaired) electrons. The molecular weight excluding hydrogens is 367 g/mol. The summed E-state index contributed by atoms with van der Waals surface area (Å²) in [5.41, 5.74) is 1.53. The van der Waals surface area contributed by atoms with Gasteiger partial charge < -0.3 is 14.5 Å². The van der Waals surface area contributed by atoms with E-state index in [4.69, 9.17) is 9.15 Å². The van der Waals surface area contributed by atoms with Crippen molar-refractivity contribution < 1.29 is 23.1 Å². The number of benzene rings is 2. The Morgan fingerprint density at radius 3 is 2.68 bits per heavy atom. The summed E-state index contributed by atoms with van der Waals surface area (Å²) in [6.45, 7) is -0.117. The van der Waals surface area contributed by atoms with Crippen molar-refractivity contribution in [1.29, 1.82) is 0 Å². The molecule has 28 heavy (non-hydrogen) atoms. The molecule has 1 heterocycles. The lowest BCUT2D eigenvalue weighted by Crippen LogP contribution is -2.30. The zero-order valence-corrected chi connectivity index (χ0v) is 15.0. The maximum absolute atomic E-state index is 13.5. The monoisotopic (exact) mass is 386 g/mol. The molecule has 0 spiro atoms. The van der Waals surface area contributed by atoms with Crippen LogP contribution in [-0.2, 0) is 27.3 Å². The van der Waals surface area contributed by atoms with E-state index in [1.54, 1.807) is 42.5 Å². The van der Waals surface area contributed by atoms with Gasteiger partial charge in [-0.1, -0.05) is 30.3 Å². The van der Waals surface area contributed by atoms with Crippen LogP contribution in [0.25, 0.3) is 11.1 Å².